The van der Waals surface area contributed by atoms with Crippen molar-refractivity contribution in [2.24, 2.45) is 0 Å². The van der Waals surface area contributed by atoms with Crippen LogP contribution in [0.15, 0.2) is 42.5 Å². The molecule has 0 aliphatic heterocycles. The molecule has 0 saturated carbocycles. The molecule has 0 heterocycles. The molecule has 0 atom stereocenters. The monoisotopic (exact) mass is 311 g/mol. The molecule has 0 aliphatic carbocycles. The van der Waals surface area contributed by atoms with Gasteiger partial charge in [-0.2, -0.15) is 0 Å². The number of anilines is 1. The summed E-state index contributed by atoms with van der Waals surface area (Å²) in [6.45, 7) is 0. The topological polar surface area (TPSA) is 29.1 Å². The zero-order valence-electron chi connectivity index (χ0n) is 10.5. The van der Waals surface area contributed by atoms with Crippen LogP contribution in [0.2, 0.25) is 5.02 Å². The summed E-state index contributed by atoms with van der Waals surface area (Å²) in [5, 5.41) is 2.94. The van der Waals surface area contributed by atoms with Crippen molar-refractivity contribution < 1.29 is 9.18 Å². The molecule has 1 N–H and O–H groups in total. The smallest absolute Gasteiger partial charge is 0.228 e. The number of hydrogen-bond acceptors (Lipinski definition) is 1. The van der Waals surface area contributed by atoms with Crippen LogP contribution in [0.5, 0.6) is 0 Å². The Kier molecular flexibility index (Phi) is 4.99. The minimum absolute atomic E-state index is 0.108. The summed E-state index contributed by atoms with van der Waals surface area (Å²) < 4.78 is 13.6. The summed E-state index contributed by atoms with van der Waals surface area (Å²) >= 11 is 11.6. The molecule has 2 nitrogen and oxygen atoms in total. The Morgan fingerprint density at radius 3 is 2.45 bits per heavy atom. The van der Waals surface area contributed by atoms with Crippen LogP contribution in [-0.2, 0) is 17.1 Å². The summed E-state index contributed by atoms with van der Waals surface area (Å²) in [5.41, 5.74) is 1.79. The molecule has 2 rings (SSSR count). The highest BCUT2D eigenvalue weighted by atomic mass is 35.5. The van der Waals surface area contributed by atoms with Gasteiger partial charge in [-0.05, 0) is 29.8 Å². The Labute approximate surface area is 126 Å². The first kappa shape index (κ1) is 14.8. The highest BCUT2D eigenvalue weighted by Gasteiger charge is 2.11. The van der Waals surface area contributed by atoms with E-state index < -0.39 is 5.82 Å². The molecule has 0 bridgehead atoms. The van der Waals surface area contributed by atoms with Crippen LogP contribution in [0.1, 0.15) is 11.1 Å². The average Bonchev–Trinajstić information content (AvgIpc) is 2.44. The van der Waals surface area contributed by atoms with E-state index in [9.17, 15) is 9.18 Å². The van der Waals surface area contributed by atoms with Crippen LogP contribution in [-0.4, -0.2) is 5.91 Å². The van der Waals surface area contributed by atoms with E-state index in [0.717, 1.165) is 5.56 Å². The third-order valence-corrected chi connectivity index (χ3v) is 3.45. The Bertz CT molecular complexity index is 594. The van der Waals surface area contributed by atoms with Gasteiger partial charge >= 0.3 is 0 Å². The van der Waals surface area contributed by atoms with Gasteiger partial charge in [-0.3, -0.25) is 4.79 Å². The number of carbonyl (C=O) groups excluding carboxylic acids is 1. The van der Waals surface area contributed by atoms with Crippen LogP contribution in [0, 0.1) is 5.82 Å². The first-order valence-electron chi connectivity index (χ1n) is 5.98. The molecule has 2 aromatic carbocycles. The van der Waals surface area contributed by atoms with E-state index >= 15 is 0 Å². The van der Waals surface area contributed by atoms with Crippen molar-refractivity contribution in [3.63, 3.8) is 0 Å². The van der Waals surface area contributed by atoms with Crippen molar-refractivity contribution >= 4 is 34.8 Å². The first-order valence-corrected chi connectivity index (χ1v) is 6.89. The average molecular weight is 312 g/mol. The number of alkyl halides is 1. The summed E-state index contributed by atoms with van der Waals surface area (Å²) in [6.07, 6.45) is -0.108. The zero-order chi connectivity index (χ0) is 14.5. The molecule has 1 amide bonds. The maximum Gasteiger partial charge on any atom is 0.228 e. The van der Waals surface area contributed by atoms with Crippen molar-refractivity contribution in [1.29, 1.82) is 0 Å². The SMILES string of the molecule is O=C(Cc1c(F)cccc1Cl)Nc1ccc(CCl)cc1. The lowest BCUT2D eigenvalue weighted by atomic mass is 10.1. The first-order chi connectivity index (χ1) is 9.60. The minimum atomic E-state index is -0.481. The van der Waals surface area contributed by atoms with E-state index in [-0.39, 0.29) is 22.9 Å². The van der Waals surface area contributed by atoms with Gasteiger partial charge in [0.15, 0.2) is 0 Å². The van der Waals surface area contributed by atoms with Crippen molar-refractivity contribution in [2.45, 2.75) is 12.3 Å². The van der Waals surface area contributed by atoms with Crippen LogP contribution in [0.25, 0.3) is 0 Å². The van der Waals surface area contributed by atoms with Gasteiger partial charge in [-0.1, -0.05) is 29.8 Å². The van der Waals surface area contributed by atoms with Gasteiger partial charge in [0.1, 0.15) is 5.82 Å². The molecular formula is C15H12Cl2FNO. The van der Waals surface area contributed by atoms with Crippen molar-refractivity contribution in [3.05, 3.63) is 64.4 Å². The molecule has 0 fully saturated rings. The van der Waals surface area contributed by atoms with E-state index in [1.807, 2.05) is 12.1 Å². The van der Waals surface area contributed by atoms with Gasteiger partial charge in [0.25, 0.3) is 0 Å². The van der Waals surface area contributed by atoms with Crippen LogP contribution in [0.4, 0.5) is 10.1 Å². The van der Waals surface area contributed by atoms with E-state index in [2.05, 4.69) is 5.32 Å². The van der Waals surface area contributed by atoms with Gasteiger partial charge in [0.2, 0.25) is 5.91 Å². The molecule has 104 valence electrons. The predicted molar refractivity (Wildman–Crippen MR) is 79.7 cm³/mol. The highest BCUT2D eigenvalue weighted by molar-refractivity contribution is 6.31. The Balaban J connectivity index is 2.05. The second kappa shape index (κ2) is 6.73. The number of amides is 1. The van der Waals surface area contributed by atoms with Gasteiger partial charge in [-0.25, -0.2) is 4.39 Å². The number of carbonyl (C=O) groups is 1. The number of hydrogen-bond donors (Lipinski definition) is 1. The molecule has 0 aliphatic rings. The second-order valence-corrected chi connectivity index (χ2v) is 4.93. The van der Waals surface area contributed by atoms with Gasteiger partial charge in [0.05, 0.1) is 6.42 Å². The Hall–Kier alpha value is -1.58. The van der Waals surface area contributed by atoms with Crippen LogP contribution in [0.3, 0.4) is 0 Å². The standard InChI is InChI=1S/C15H12Cl2FNO/c16-9-10-4-6-11(7-5-10)19-15(20)8-12-13(17)2-1-3-14(12)18/h1-7H,8-9H2,(H,19,20). The van der Waals surface area contributed by atoms with Crippen LogP contribution < -0.4 is 5.32 Å². The maximum atomic E-state index is 13.6. The fourth-order valence-electron chi connectivity index (χ4n) is 1.74. The molecule has 0 spiro atoms. The fourth-order valence-corrected chi connectivity index (χ4v) is 2.15. The van der Waals surface area contributed by atoms with Gasteiger partial charge in [-0.15, -0.1) is 11.6 Å². The quantitative estimate of drug-likeness (QED) is 0.833. The third-order valence-electron chi connectivity index (χ3n) is 2.79. The number of nitrogens with one attached hydrogen (secondary N) is 1. The lowest BCUT2D eigenvalue weighted by Crippen LogP contribution is -2.15. The van der Waals surface area contributed by atoms with E-state index in [0.29, 0.717) is 11.6 Å². The molecule has 0 radical (unpaired) electrons. The Morgan fingerprint density at radius 1 is 1.15 bits per heavy atom. The lowest BCUT2D eigenvalue weighted by Gasteiger charge is -2.08. The number of halogens is 3. The van der Waals surface area contributed by atoms with E-state index in [1.54, 1.807) is 18.2 Å². The highest BCUT2D eigenvalue weighted by Crippen LogP contribution is 2.20. The van der Waals surface area contributed by atoms with Crippen LogP contribution >= 0.6 is 23.2 Å². The zero-order valence-corrected chi connectivity index (χ0v) is 12.0. The molecule has 2 aromatic rings. The largest absolute Gasteiger partial charge is 0.326 e. The maximum absolute atomic E-state index is 13.6. The minimum Gasteiger partial charge on any atom is -0.326 e. The molecule has 0 unspecified atom stereocenters. The van der Waals surface area contributed by atoms with E-state index in [4.69, 9.17) is 23.2 Å². The predicted octanol–water partition coefficient (Wildman–Crippen LogP) is 4.40. The molecule has 0 aromatic heterocycles. The Morgan fingerprint density at radius 2 is 1.85 bits per heavy atom. The summed E-state index contributed by atoms with van der Waals surface area (Å²) in [5.74, 6) is -0.389. The molecule has 20 heavy (non-hydrogen) atoms. The molecule has 5 heteroatoms. The summed E-state index contributed by atoms with van der Waals surface area (Å²) in [6, 6.07) is 11.5. The number of rotatable bonds is 4. The van der Waals surface area contributed by atoms with Crippen molar-refractivity contribution in [1.82, 2.24) is 0 Å². The summed E-state index contributed by atoms with van der Waals surface area (Å²) in [7, 11) is 0. The lowest BCUT2D eigenvalue weighted by molar-refractivity contribution is -0.115. The van der Waals surface area contributed by atoms with Gasteiger partial charge in [0, 0.05) is 22.2 Å². The molecular weight excluding hydrogens is 300 g/mol. The van der Waals surface area contributed by atoms with Gasteiger partial charge < -0.3 is 5.32 Å². The van der Waals surface area contributed by atoms with Crippen molar-refractivity contribution in [2.75, 3.05) is 5.32 Å². The van der Waals surface area contributed by atoms with E-state index in [1.165, 1.54) is 12.1 Å². The summed E-state index contributed by atoms with van der Waals surface area (Å²) in [4.78, 5) is 11.9. The normalized spacial score (nSPS) is 10.3. The number of benzene rings is 2. The fraction of sp³-hybridized carbons (Fsp3) is 0.133. The molecule has 0 saturated heterocycles. The third kappa shape index (κ3) is 3.71. The van der Waals surface area contributed by atoms with Crippen molar-refractivity contribution in [3.8, 4) is 0 Å². The second-order valence-electron chi connectivity index (χ2n) is 4.26.